The number of hydrogen-bond acceptors (Lipinski definition) is 4. The van der Waals surface area contributed by atoms with Gasteiger partial charge in [-0.2, -0.15) is 0 Å². The number of anilines is 2. The van der Waals surface area contributed by atoms with Crippen LogP contribution in [0.4, 0.5) is 16.2 Å². The molecule has 0 radical (unpaired) electrons. The van der Waals surface area contributed by atoms with Gasteiger partial charge in [-0.15, -0.1) is 0 Å². The molecule has 1 aliphatic heterocycles. The molecule has 0 atom stereocenters. The first-order chi connectivity index (χ1) is 16.6. The number of nitrogens with one attached hydrogen (secondary N) is 2. The van der Waals surface area contributed by atoms with Crippen molar-refractivity contribution in [1.82, 2.24) is 9.88 Å². The number of halogens is 1. The van der Waals surface area contributed by atoms with Crippen molar-refractivity contribution in [1.29, 1.82) is 0 Å². The molecule has 1 aliphatic rings. The quantitative estimate of drug-likeness (QED) is 0.409. The third kappa shape index (κ3) is 4.61. The van der Waals surface area contributed by atoms with Gasteiger partial charge in [0.25, 0.3) is 11.8 Å². The fraction of sp³-hybridized carbons (Fsp3) is 0.154. The minimum absolute atomic E-state index is 0.157. The molecule has 2 aromatic carbocycles. The maximum absolute atomic E-state index is 13.2. The van der Waals surface area contributed by atoms with Crippen molar-refractivity contribution in [2.75, 3.05) is 10.2 Å². The van der Waals surface area contributed by atoms with Gasteiger partial charge in [0.1, 0.15) is 5.57 Å². The predicted molar refractivity (Wildman–Crippen MR) is 135 cm³/mol. The SMILES string of the molecule is CC(=O)Nc1ccc(-n2c(C)cc(C=C3C(=O)NC(=O)N(c4ccc(C)c(Cl)c4)C3=O)c2C)cc1. The molecule has 0 saturated carbocycles. The molecule has 0 spiro atoms. The summed E-state index contributed by atoms with van der Waals surface area (Å²) in [6, 6.07) is 13.1. The number of rotatable bonds is 4. The number of barbiturate groups is 1. The van der Waals surface area contributed by atoms with Crippen molar-refractivity contribution in [3.8, 4) is 5.69 Å². The summed E-state index contributed by atoms with van der Waals surface area (Å²) in [5.74, 6) is -1.65. The summed E-state index contributed by atoms with van der Waals surface area (Å²) >= 11 is 6.18. The maximum atomic E-state index is 13.2. The van der Waals surface area contributed by atoms with Crippen molar-refractivity contribution in [3.05, 3.63) is 81.6 Å². The third-order valence-corrected chi connectivity index (χ3v) is 6.14. The molecular formula is C26H23ClN4O4. The molecule has 1 fully saturated rings. The van der Waals surface area contributed by atoms with Gasteiger partial charge in [0.15, 0.2) is 0 Å². The zero-order valence-corrected chi connectivity index (χ0v) is 20.4. The van der Waals surface area contributed by atoms with Gasteiger partial charge in [-0.05, 0) is 80.4 Å². The molecule has 9 heteroatoms. The molecule has 0 aliphatic carbocycles. The molecular weight excluding hydrogens is 468 g/mol. The van der Waals surface area contributed by atoms with E-state index in [1.807, 2.05) is 43.5 Å². The number of imide groups is 2. The van der Waals surface area contributed by atoms with E-state index in [9.17, 15) is 19.2 Å². The lowest BCUT2D eigenvalue weighted by Crippen LogP contribution is -2.54. The number of aryl methyl sites for hydroxylation is 2. The number of nitrogens with zero attached hydrogens (tertiary/aromatic N) is 2. The Kier molecular flexibility index (Phi) is 6.32. The largest absolute Gasteiger partial charge is 0.335 e. The number of carbonyl (C=O) groups excluding carboxylic acids is 4. The van der Waals surface area contributed by atoms with Gasteiger partial charge in [0.05, 0.1) is 5.69 Å². The summed E-state index contributed by atoms with van der Waals surface area (Å²) < 4.78 is 1.97. The molecule has 0 bridgehead atoms. The molecule has 3 aromatic rings. The van der Waals surface area contributed by atoms with Crippen molar-refractivity contribution >= 4 is 52.8 Å². The Bertz CT molecular complexity index is 1420. The van der Waals surface area contributed by atoms with E-state index in [4.69, 9.17) is 11.6 Å². The van der Waals surface area contributed by atoms with Crippen molar-refractivity contribution in [2.24, 2.45) is 0 Å². The summed E-state index contributed by atoms with van der Waals surface area (Å²) in [5.41, 5.74) is 4.76. The van der Waals surface area contributed by atoms with E-state index < -0.39 is 17.8 Å². The first-order valence-corrected chi connectivity index (χ1v) is 11.2. The molecule has 35 heavy (non-hydrogen) atoms. The van der Waals surface area contributed by atoms with E-state index in [1.54, 1.807) is 24.3 Å². The maximum Gasteiger partial charge on any atom is 0.335 e. The smallest absolute Gasteiger partial charge is 0.326 e. The van der Waals surface area contributed by atoms with Crippen LogP contribution in [0.3, 0.4) is 0 Å². The Morgan fingerprint density at radius 3 is 2.26 bits per heavy atom. The van der Waals surface area contributed by atoms with Gasteiger partial charge in [-0.3, -0.25) is 19.7 Å². The lowest BCUT2D eigenvalue weighted by molar-refractivity contribution is -0.122. The molecule has 8 nitrogen and oxygen atoms in total. The summed E-state index contributed by atoms with van der Waals surface area (Å²) in [5, 5.41) is 5.36. The molecule has 2 N–H and O–H groups in total. The van der Waals surface area contributed by atoms with Crippen LogP contribution >= 0.6 is 11.6 Å². The van der Waals surface area contributed by atoms with Gasteiger partial charge in [0.2, 0.25) is 5.91 Å². The van der Waals surface area contributed by atoms with Crippen LogP contribution in [0.15, 0.2) is 54.1 Å². The number of aromatic nitrogens is 1. The highest BCUT2D eigenvalue weighted by Crippen LogP contribution is 2.28. The normalized spacial score (nSPS) is 14.9. The van der Waals surface area contributed by atoms with E-state index in [0.29, 0.717) is 16.3 Å². The van der Waals surface area contributed by atoms with Gasteiger partial charge in [-0.1, -0.05) is 17.7 Å². The summed E-state index contributed by atoms with van der Waals surface area (Å²) in [7, 11) is 0. The number of urea groups is 1. The molecule has 178 valence electrons. The van der Waals surface area contributed by atoms with Crippen LogP contribution in [0.2, 0.25) is 5.02 Å². The molecule has 1 saturated heterocycles. The zero-order chi connectivity index (χ0) is 25.4. The van der Waals surface area contributed by atoms with Gasteiger partial charge >= 0.3 is 6.03 Å². The van der Waals surface area contributed by atoms with Crippen LogP contribution < -0.4 is 15.5 Å². The van der Waals surface area contributed by atoms with Crippen LogP contribution in [-0.2, 0) is 14.4 Å². The highest BCUT2D eigenvalue weighted by molar-refractivity contribution is 6.39. The Labute approximate surface area is 207 Å². The Balaban J connectivity index is 1.71. The van der Waals surface area contributed by atoms with E-state index in [-0.39, 0.29) is 17.2 Å². The standard InChI is InChI=1S/C26H23ClN4O4/c1-14-5-8-21(13-23(14)27)31-25(34)22(24(33)29-26(31)35)12-18-11-15(2)30(16(18)3)20-9-6-19(7-10-20)28-17(4)32/h5-13H,1-4H3,(H,28,32)(H,29,33,35). The van der Waals surface area contributed by atoms with Crippen molar-refractivity contribution in [2.45, 2.75) is 27.7 Å². The van der Waals surface area contributed by atoms with E-state index in [2.05, 4.69) is 10.6 Å². The van der Waals surface area contributed by atoms with Crippen LogP contribution in [0.5, 0.6) is 0 Å². The van der Waals surface area contributed by atoms with E-state index >= 15 is 0 Å². The molecule has 5 amide bonds. The predicted octanol–water partition coefficient (Wildman–Crippen LogP) is 4.68. The van der Waals surface area contributed by atoms with Crippen molar-refractivity contribution in [3.63, 3.8) is 0 Å². The summed E-state index contributed by atoms with van der Waals surface area (Å²) in [4.78, 5) is 50.5. The second kappa shape index (κ2) is 9.23. The Morgan fingerprint density at radius 2 is 1.63 bits per heavy atom. The Hall–Kier alpha value is -4.17. The molecule has 4 rings (SSSR count). The van der Waals surface area contributed by atoms with E-state index in [0.717, 1.165) is 27.5 Å². The highest BCUT2D eigenvalue weighted by atomic mass is 35.5. The van der Waals surface area contributed by atoms with Crippen LogP contribution in [0.1, 0.15) is 29.4 Å². The molecule has 2 heterocycles. The van der Waals surface area contributed by atoms with Gasteiger partial charge in [0, 0.05) is 34.7 Å². The highest BCUT2D eigenvalue weighted by Gasteiger charge is 2.37. The average Bonchev–Trinajstić information content (AvgIpc) is 3.06. The number of carbonyl (C=O) groups is 4. The number of amides is 5. The van der Waals surface area contributed by atoms with Crippen molar-refractivity contribution < 1.29 is 19.2 Å². The van der Waals surface area contributed by atoms with Crippen LogP contribution in [0.25, 0.3) is 11.8 Å². The van der Waals surface area contributed by atoms with Crippen LogP contribution in [-0.4, -0.2) is 28.3 Å². The first-order valence-electron chi connectivity index (χ1n) is 10.8. The third-order valence-electron chi connectivity index (χ3n) is 5.73. The average molecular weight is 491 g/mol. The molecule has 1 aromatic heterocycles. The minimum Gasteiger partial charge on any atom is -0.326 e. The lowest BCUT2D eigenvalue weighted by Gasteiger charge is -2.26. The molecule has 0 unspecified atom stereocenters. The Morgan fingerprint density at radius 1 is 0.971 bits per heavy atom. The van der Waals surface area contributed by atoms with E-state index in [1.165, 1.54) is 19.1 Å². The number of hydrogen-bond donors (Lipinski definition) is 2. The summed E-state index contributed by atoms with van der Waals surface area (Å²) in [6.45, 7) is 7.03. The topological polar surface area (TPSA) is 101 Å². The monoisotopic (exact) mass is 490 g/mol. The van der Waals surface area contributed by atoms with Crippen LogP contribution in [0, 0.1) is 20.8 Å². The second-order valence-electron chi connectivity index (χ2n) is 8.28. The number of benzene rings is 2. The summed E-state index contributed by atoms with van der Waals surface area (Å²) in [6.07, 6.45) is 1.48. The minimum atomic E-state index is -0.832. The fourth-order valence-electron chi connectivity index (χ4n) is 4.00. The fourth-order valence-corrected chi connectivity index (χ4v) is 4.17. The van der Waals surface area contributed by atoms with Gasteiger partial charge < -0.3 is 9.88 Å². The first kappa shape index (κ1) is 24.0. The second-order valence-corrected chi connectivity index (χ2v) is 8.69. The zero-order valence-electron chi connectivity index (χ0n) is 19.6. The van der Waals surface area contributed by atoms with Gasteiger partial charge in [-0.25, -0.2) is 9.69 Å². The lowest BCUT2D eigenvalue weighted by atomic mass is 10.1.